The van der Waals surface area contributed by atoms with Crippen LogP contribution in [-0.2, 0) is 6.54 Å². The van der Waals surface area contributed by atoms with E-state index in [0.29, 0.717) is 37.3 Å². The van der Waals surface area contributed by atoms with E-state index < -0.39 is 0 Å². The molecule has 0 atom stereocenters. The van der Waals surface area contributed by atoms with Crippen LogP contribution in [0.2, 0.25) is 0 Å². The number of pyridine rings is 1. The molecule has 5 heterocycles. The molecule has 1 saturated heterocycles. The van der Waals surface area contributed by atoms with Gasteiger partial charge in [0.05, 0.1) is 28.6 Å². The Labute approximate surface area is 201 Å². The maximum atomic E-state index is 13.6. The zero-order valence-electron chi connectivity index (χ0n) is 19.3. The van der Waals surface area contributed by atoms with E-state index in [1.54, 1.807) is 17.5 Å². The minimum atomic E-state index is 0.0648. The summed E-state index contributed by atoms with van der Waals surface area (Å²) in [6.07, 6.45) is 4.08. The van der Waals surface area contributed by atoms with Gasteiger partial charge < -0.3 is 9.42 Å². The first-order chi connectivity index (χ1) is 16.6. The first kappa shape index (κ1) is 21.4. The van der Waals surface area contributed by atoms with E-state index in [2.05, 4.69) is 34.0 Å². The fourth-order valence-corrected chi connectivity index (χ4v) is 5.13. The molecular formula is C24H27N7O2S. The second kappa shape index (κ2) is 8.59. The van der Waals surface area contributed by atoms with E-state index in [0.717, 1.165) is 53.1 Å². The van der Waals surface area contributed by atoms with Gasteiger partial charge in [-0.05, 0) is 44.2 Å². The topological polar surface area (TPSA) is 93.2 Å². The zero-order valence-corrected chi connectivity index (χ0v) is 20.2. The standard InChI is InChI=1S/C24H27N7O2S/c1-15(2)31-23-18(13-25-31)17(12-19(26-23)16-5-6-16)24(32)30-9-7-29(8-10-30)14-21-27-22(28-33-21)20-4-3-11-34-20/h3-4,11-13,15-16H,5-10,14H2,1-2H3. The lowest BCUT2D eigenvalue weighted by Gasteiger charge is -2.34. The minimum absolute atomic E-state index is 0.0648. The van der Waals surface area contributed by atoms with Crippen LogP contribution in [0.5, 0.6) is 0 Å². The summed E-state index contributed by atoms with van der Waals surface area (Å²) in [4.78, 5) is 28.2. The van der Waals surface area contributed by atoms with Gasteiger partial charge in [-0.25, -0.2) is 9.67 Å². The molecule has 0 radical (unpaired) electrons. The highest BCUT2D eigenvalue weighted by Crippen LogP contribution is 2.40. The van der Waals surface area contributed by atoms with Gasteiger partial charge >= 0.3 is 0 Å². The second-order valence-corrected chi connectivity index (χ2v) is 10.3. The molecule has 0 bridgehead atoms. The third-order valence-corrected chi connectivity index (χ3v) is 7.40. The predicted octanol–water partition coefficient (Wildman–Crippen LogP) is 3.96. The zero-order chi connectivity index (χ0) is 23.2. The first-order valence-corrected chi connectivity index (χ1v) is 12.7. The Morgan fingerprint density at radius 3 is 2.74 bits per heavy atom. The average Bonchev–Trinajstić information content (AvgIpc) is 3.22. The van der Waals surface area contributed by atoms with Crippen molar-refractivity contribution in [1.82, 2.24) is 34.7 Å². The highest BCUT2D eigenvalue weighted by molar-refractivity contribution is 7.13. The van der Waals surface area contributed by atoms with Crippen LogP contribution in [0.4, 0.5) is 0 Å². The normalized spacial score (nSPS) is 17.2. The molecule has 4 aromatic heterocycles. The number of carbonyl (C=O) groups is 1. The number of amides is 1. The molecule has 1 aliphatic heterocycles. The van der Waals surface area contributed by atoms with Crippen LogP contribution in [0.3, 0.4) is 0 Å². The van der Waals surface area contributed by atoms with E-state index in [-0.39, 0.29) is 11.9 Å². The molecule has 1 amide bonds. The maximum Gasteiger partial charge on any atom is 0.254 e. The minimum Gasteiger partial charge on any atom is -0.338 e. The molecule has 10 heteroatoms. The fourth-order valence-electron chi connectivity index (χ4n) is 4.48. The third kappa shape index (κ3) is 4.01. The molecule has 0 unspecified atom stereocenters. The molecule has 2 fully saturated rings. The van der Waals surface area contributed by atoms with Crippen molar-refractivity contribution < 1.29 is 9.32 Å². The van der Waals surface area contributed by atoms with Crippen molar-refractivity contribution in [3.63, 3.8) is 0 Å². The van der Waals surface area contributed by atoms with Crippen molar-refractivity contribution in [3.05, 3.63) is 46.9 Å². The van der Waals surface area contributed by atoms with Crippen LogP contribution in [0.15, 0.2) is 34.3 Å². The van der Waals surface area contributed by atoms with Crippen LogP contribution >= 0.6 is 11.3 Å². The van der Waals surface area contributed by atoms with E-state index in [9.17, 15) is 4.79 Å². The monoisotopic (exact) mass is 477 g/mol. The molecular weight excluding hydrogens is 450 g/mol. The summed E-state index contributed by atoms with van der Waals surface area (Å²) >= 11 is 1.59. The van der Waals surface area contributed by atoms with Gasteiger partial charge in [-0.15, -0.1) is 11.3 Å². The number of carbonyl (C=O) groups excluding carboxylic acids is 1. The van der Waals surface area contributed by atoms with Gasteiger partial charge in [0, 0.05) is 43.8 Å². The summed E-state index contributed by atoms with van der Waals surface area (Å²) in [6.45, 7) is 7.61. The summed E-state index contributed by atoms with van der Waals surface area (Å²) in [5.41, 5.74) is 2.57. The average molecular weight is 478 g/mol. The lowest BCUT2D eigenvalue weighted by Crippen LogP contribution is -2.48. The Morgan fingerprint density at radius 2 is 2.03 bits per heavy atom. The summed E-state index contributed by atoms with van der Waals surface area (Å²) in [5.74, 6) is 1.77. The molecule has 34 heavy (non-hydrogen) atoms. The lowest BCUT2D eigenvalue weighted by molar-refractivity contribution is 0.0617. The second-order valence-electron chi connectivity index (χ2n) is 9.35. The van der Waals surface area contributed by atoms with E-state index >= 15 is 0 Å². The quantitative estimate of drug-likeness (QED) is 0.415. The fraction of sp³-hybridized carbons (Fsp3) is 0.458. The van der Waals surface area contributed by atoms with Crippen LogP contribution in [0, 0.1) is 0 Å². The molecule has 6 rings (SSSR count). The SMILES string of the molecule is CC(C)n1ncc2c(C(=O)N3CCN(Cc4nc(-c5cccs5)no4)CC3)cc(C3CC3)nc21. The highest BCUT2D eigenvalue weighted by Gasteiger charge is 2.30. The van der Waals surface area contributed by atoms with Crippen LogP contribution < -0.4 is 0 Å². The number of hydrogen-bond acceptors (Lipinski definition) is 8. The summed E-state index contributed by atoms with van der Waals surface area (Å²) in [6, 6.07) is 6.16. The number of thiophene rings is 1. The molecule has 176 valence electrons. The van der Waals surface area contributed by atoms with Crippen molar-refractivity contribution >= 4 is 28.3 Å². The largest absolute Gasteiger partial charge is 0.338 e. The van der Waals surface area contributed by atoms with E-state index in [4.69, 9.17) is 9.51 Å². The van der Waals surface area contributed by atoms with Crippen LogP contribution in [-0.4, -0.2) is 66.8 Å². The summed E-state index contributed by atoms with van der Waals surface area (Å²) < 4.78 is 7.37. The lowest BCUT2D eigenvalue weighted by atomic mass is 10.1. The Kier molecular flexibility index (Phi) is 5.41. The molecule has 1 saturated carbocycles. The Hall–Kier alpha value is -3.11. The number of hydrogen-bond donors (Lipinski definition) is 0. The van der Waals surface area contributed by atoms with Gasteiger partial charge in [-0.2, -0.15) is 10.1 Å². The van der Waals surface area contributed by atoms with E-state index in [1.165, 1.54) is 0 Å². The Balaban J connectivity index is 1.16. The van der Waals surface area contributed by atoms with Crippen molar-refractivity contribution in [2.45, 2.75) is 45.2 Å². The summed E-state index contributed by atoms with van der Waals surface area (Å²) in [7, 11) is 0. The third-order valence-electron chi connectivity index (χ3n) is 6.53. The number of fused-ring (bicyclic) bond motifs is 1. The maximum absolute atomic E-state index is 13.6. The van der Waals surface area contributed by atoms with Crippen molar-refractivity contribution in [1.29, 1.82) is 0 Å². The smallest absolute Gasteiger partial charge is 0.254 e. The Bertz CT molecular complexity index is 1310. The van der Waals surface area contributed by atoms with Crippen molar-refractivity contribution in [3.8, 4) is 10.7 Å². The van der Waals surface area contributed by atoms with E-state index in [1.807, 2.05) is 33.2 Å². The number of rotatable bonds is 6. The molecule has 0 N–H and O–H groups in total. The van der Waals surface area contributed by atoms with Gasteiger partial charge in [0.2, 0.25) is 11.7 Å². The molecule has 4 aromatic rings. The molecule has 1 aliphatic carbocycles. The van der Waals surface area contributed by atoms with Gasteiger partial charge in [0.25, 0.3) is 5.91 Å². The van der Waals surface area contributed by atoms with Gasteiger partial charge in [-0.3, -0.25) is 9.69 Å². The number of aromatic nitrogens is 5. The van der Waals surface area contributed by atoms with Gasteiger partial charge in [-0.1, -0.05) is 11.2 Å². The van der Waals surface area contributed by atoms with Gasteiger partial charge in [0.15, 0.2) is 5.65 Å². The number of piperazine rings is 1. The molecule has 9 nitrogen and oxygen atoms in total. The Morgan fingerprint density at radius 1 is 1.21 bits per heavy atom. The van der Waals surface area contributed by atoms with Crippen LogP contribution in [0.1, 0.15) is 60.6 Å². The van der Waals surface area contributed by atoms with Crippen LogP contribution in [0.25, 0.3) is 21.7 Å². The molecule has 0 spiro atoms. The first-order valence-electron chi connectivity index (χ1n) is 11.8. The summed E-state index contributed by atoms with van der Waals surface area (Å²) in [5, 5.41) is 11.5. The molecule has 2 aliphatic rings. The predicted molar refractivity (Wildman–Crippen MR) is 129 cm³/mol. The highest BCUT2D eigenvalue weighted by atomic mass is 32.1. The number of nitrogens with zero attached hydrogens (tertiary/aromatic N) is 7. The van der Waals surface area contributed by atoms with Gasteiger partial charge in [0.1, 0.15) is 0 Å². The van der Waals surface area contributed by atoms with Crippen molar-refractivity contribution in [2.75, 3.05) is 26.2 Å². The van der Waals surface area contributed by atoms with Crippen molar-refractivity contribution in [2.24, 2.45) is 0 Å². The molecule has 0 aromatic carbocycles.